The number of halogens is 2. The predicted octanol–water partition coefficient (Wildman–Crippen LogP) is 1.64. The summed E-state index contributed by atoms with van der Waals surface area (Å²) in [4.78, 5) is 11.4. The van der Waals surface area contributed by atoms with Gasteiger partial charge in [0.25, 0.3) is 5.91 Å². The van der Waals surface area contributed by atoms with Crippen molar-refractivity contribution >= 4 is 5.91 Å². The van der Waals surface area contributed by atoms with E-state index >= 15 is 0 Å². The van der Waals surface area contributed by atoms with Gasteiger partial charge < -0.3 is 5.32 Å². The van der Waals surface area contributed by atoms with Crippen LogP contribution < -0.4 is 5.32 Å². The maximum Gasteiger partial charge on any atom is 0.251 e. The van der Waals surface area contributed by atoms with Crippen LogP contribution in [0.5, 0.6) is 0 Å². The summed E-state index contributed by atoms with van der Waals surface area (Å²) in [7, 11) is 0. The summed E-state index contributed by atoms with van der Waals surface area (Å²) in [6.45, 7) is 1.76. The highest BCUT2D eigenvalue weighted by Crippen LogP contribution is 2.21. The van der Waals surface area contributed by atoms with Crippen molar-refractivity contribution in [2.45, 2.75) is 19.4 Å². The van der Waals surface area contributed by atoms with Crippen LogP contribution in [0.25, 0.3) is 0 Å². The van der Waals surface area contributed by atoms with Gasteiger partial charge in [-0.2, -0.15) is 0 Å². The smallest absolute Gasteiger partial charge is 0.251 e. The standard InChI is InChI=1S/C10H9F2NO/c1-5-4-7-6(10(14)13-5)2-3-8(11)9(7)12/h2-3,5H,4H2,1H3,(H,13,14). The lowest BCUT2D eigenvalue weighted by atomic mass is 9.95. The Labute approximate surface area is 79.9 Å². The summed E-state index contributed by atoms with van der Waals surface area (Å²) in [5, 5.41) is 2.65. The minimum Gasteiger partial charge on any atom is -0.349 e. The number of hydrogen-bond donors (Lipinski definition) is 1. The first kappa shape index (κ1) is 9.12. The van der Waals surface area contributed by atoms with E-state index in [1.54, 1.807) is 6.92 Å². The van der Waals surface area contributed by atoms with E-state index in [-0.39, 0.29) is 23.1 Å². The number of hydrogen-bond acceptors (Lipinski definition) is 1. The second-order valence-corrected chi connectivity index (χ2v) is 3.47. The molecule has 74 valence electrons. The van der Waals surface area contributed by atoms with Crippen LogP contribution in [0.2, 0.25) is 0 Å². The molecule has 0 fully saturated rings. The van der Waals surface area contributed by atoms with Crippen LogP contribution in [0, 0.1) is 11.6 Å². The molecule has 1 N–H and O–H groups in total. The molecule has 0 spiro atoms. The summed E-state index contributed by atoms with van der Waals surface area (Å²) in [5.74, 6) is -2.13. The fraction of sp³-hybridized carbons (Fsp3) is 0.300. The van der Waals surface area contributed by atoms with E-state index in [2.05, 4.69) is 5.32 Å². The zero-order valence-corrected chi connectivity index (χ0v) is 7.60. The summed E-state index contributed by atoms with van der Waals surface area (Å²) < 4.78 is 26.1. The van der Waals surface area contributed by atoms with Gasteiger partial charge in [0.05, 0.1) is 0 Å². The first-order chi connectivity index (χ1) is 6.59. The molecule has 1 atom stereocenters. The van der Waals surface area contributed by atoms with E-state index in [0.29, 0.717) is 6.42 Å². The Balaban J connectivity index is 2.59. The Morgan fingerprint density at radius 3 is 2.86 bits per heavy atom. The highest BCUT2D eigenvalue weighted by molar-refractivity contribution is 5.97. The molecular weight excluding hydrogens is 188 g/mol. The third-order valence-electron chi connectivity index (χ3n) is 2.33. The normalized spacial score (nSPS) is 20.2. The van der Waals surface area contributed by atoms with Crippen LogP contribution in [0.1, 0.15) is 22.8 Å². The lowest BCUT2D eigenvalue weighted by Crippen LogP contribution is -2.39. The lowest BCUT2D eigenvalue weighted by Gasteiger charge is -2.22. The van der Waals surface area contributed by atoms with Gasteiger partial charge in [0.1, 0.15) is 0 Å². The fourth-order valence-corrected chi connectivity index (χ4v) is 1.66. The Kier molecular flexibility index (Phi) is 1.98. The Morgan fingerprint density at radius 2 is 2.14 bits per heavy atom. The van der Waals surface area contributed by atoms with Crippen LogP contribution >= 0.6 is 0 Å². The Bertz CT molecular complexity index is 403. The quantitative estimate of drug-likeness (QED) is 0.673. The summed E-state index contributed by atoms with van der Waals surface area (Å²) in [5.41, 5.74) is 0.420. The number of carbonyl (C=O) groups excluding carboxylic acids is 1. The van der Waals surface area contributed by atoms with Crippen molar-refractivity contribution in [1.29, 1.82) is 0 Å². The van der Waals surface area contributed by atoms with Crippen LogP contribution in [0.15, 0.2) is 12.1 Å². The maximum absolute atomic E-state index is 13.3. The average Bonchev–Trinajstić information content (AvgIpc) is 2.12. The molecule has 1 aliphatic rings. The summed E-state index contributed by atoms with van der Waals surface area (Å²) in [6, 6.07) is 2.14. The van der Waals surface area contributed by atoms with Gasteiger partial charge in [-0.15, -0.1) is 0 Å². The molecule has 0 aliphatic carbocycles. The number of amides is 1. The molecule has 2 nitrogen and oxygen atoms in total. The van der Waals surface area contributed by atoms with E-state index in [4.69, 9.17) is 0 Å². The SMILES string of the molecule is CC1Cc2c(ccc(F)c2F)C(=O)N1. The van der Waals surface area contributed by atoms with Crippen molar-refractivity contribution in [2.75, 3.05) is 0 Å². The highest BCUT2D eigenvalue weighted by Gasteiger charge is 2.25. The molecule has 1 aromatic carbocycles. The third kappa shape index (κ3) is 1.27. The van der Waals surface area contributed by atoms with E-state index in [9.17, 15) is 13.6 Å². The van der Waals surface area contributed by atoms with Gasteiger partial charge >= 0.3 is 0 Å². The third-order valence-corrected chi connectivity index (χ3v) is 2.33. The molecule has 0 radical (unpaired) electrons. The van der Waals surface area contributed by atoms with Crippen molar-refractivity contribution in [3.05, 3.63) is 34.9 Å². The maximum atomic E-state index is 13.3. The number of carbonyl (C=O) groups is 1. The van der Waals surface area contributed by atoms with Crippen LogP contribution in [0.3, 0.4) is 0 Å². The molecule has 1 aliphatic heterocycles. The van der Waals surface area contributed by atoms with Crippen LogP contribution in [-0.2, 0) is 6.42 Å². The van der Waals surface area contributed by atoms with Gasteiger partial charge in [-0.3, -0.25) is 4.79 Å². The summed E-state index contributed by atoms with van der Waals surface area (Å²) >= 11 is 0. The second-order valence-electron chi connectivity index (χ2n) is 3.47. The molecule has 0 saturated carbocycles. The first-order valence-corrected chi connectivity index (χ1v) is 4.37. The molecule has 14 heavy (non-hydrogen) atoms. The van der Waals surface area contributed by atoms with Gasteiger partial charge in [-0.1, -0.05) is 0 Å². The van der Waals surface area contributed by atoms with E-state index < -0.39 is 11.6 Å². The van der Waals surface area contributed by atoms with E-state index in [1.165, 1.54) is 6.07 Å². The van der Waals surface area contributed by atoms with Gasteiger partial charge in [0, 0.05) is 17.2 Å². The molecule has 1 heterocycles. The predicted molar refractivity (Wildman–Crippen MR) is 47.0 cm³/mol. The van der Waals surface area contributed by atoms with E-state index in [0.717, 1.165) is 6.07 Å². The van der Waals surface area contributed by atoms with Crippen molar-refractivity contribution in [3.63, 3.8) is 0 Å². The topological polar surface area (TPSA) is 29.1 Å². The minimum absolute atomic E-state index is 0.147. The van der Waals surface area contributed by atoms with Crippen LogP contribution in [-0.4, -0.2) is 11.9 Å². The molecule has 1 unspecified atom stereocenters. The lowest BCUT2D eigenvalue weighted by molar-refractivity contribution is 0.0927. The van der Waals surface area contributed by atoms with E-state index in [1.807, 2.05) is 0 Å². The fourth-order valence-electron chi connectivity index (χ4n) is 1.66. The number of nitrogens with one attached hydrogen (secondary N) is 1. The van der Waals surface area contributed by atoms with Crippen molar-refractivity contribution in [1.82, 2.24) is 5.32 Å². The zero-order chi connectivity index (χ0) is 10.3. The second kappa shape index (κ2) is 3.04. The Morgan fingerprint density at radius 1 is 1.43 bits per heavy atom. The summed E-state index contributed by atoms with van der Waals surface area (Å²) in [6.07, 6.45) is 0.338. The zero-order valence-electron chi connectivity index (χ0n) is 7.60. The van der Waals surface area contributed by atoms with Gasteiger partial charge in [-0.25, -0.2) is 8.78 Å². The number of fused-ring (bicyclic) bond motifs is 1. The monoisotopic (exact) mass is 197 g/mol. The van der Waals surface area contributed by atoms with Gasteiger partial charge in [0.2, 0.25) is 0 Å². The van der Waals surface area contributed by atoms with Crippen LogP contribution in [0.4, 0.5) is 8.78 Å². The molecule has 0 aromatic heterocycles. The van der Waals surface area contributed by atoms with Crippen molar-refractivity contribution in [3.8, 4) is 0 Å². The molecule has 4 heteroatoms. The molecule has 1 aromatic rings. The molecule has 0 saturated heterocycles. The number of rotatable bonds is 0. The minimum atomic E-state index is -0.899. The number of benzene rings is 1. The Hall–Kier alpha value is -1.45. The largest absolute Gasteiger partial charge is 0.349 e. The molecule has 0 bridgehead atoms. The molecule has 1 amide bonds. The van der Waals surface area contributed by atoms with Gasteiger partial charge in [-0.05, 0) is 25.5 Å². The molecule has 2 rings (SSSR count). The highest BCUT2D eigenvalue weighted by atomic mass is 19.2. The molecular formula is C10H9F2NO. The average molecular weight is 197 g/mol. The van der Waals surface area contributed by atoms with Gasteiger partial charge in [0.15, 0.2) is 11.6 Å². The first-order valence-electron chi connectivity index (χ1n) is 4.37. The van der Waals surface area contributed by atoms with Crippen molar-refractivity contribution < 1.29 is 13.6 Å². The van der Waals surface area contributed by atoms with Crippen molar-refractivity contribution in [2.24, 2.45) is 0 Å².